The third kappa shape index (κ3) is 2.65. The molecule has 21 heavy (non-hydrogen) atoms. The number of furan rings is 1. The number of amides is 1. The molecule has 0 radical (unpaired) electrons. The maximum Gasteiger partial charge on any atom is 0.289 e. The van der Waals surface area contributed by atoms with Gasteiger partial charge in [-0.3, -0.25) is 4.79 Å². The molecule has 2 aromatic rings. The van der Waals surface area contributed by atoms with Crippen LogP contribution in [0.3, 0.4) is 0 Å². The second-order valence-electron chi connectivity index (χ2n) is 5.41. The topological polar surface area (TPSA) is 80.5 Å². The Balaban J connectivity index is 1.90. The van der Waals surface area contributed by atoms with Crippen LogP contribution in [0.5, 0.6) is 0 Å². The summed E-state index contributed by atoms with van der Waals surface area (Å²) in [5.74, 6) is -0.0842. The zero-order valence-corrected chi connectivity index (χ0v) is 12.7. The molecule has 0 saturated carbocycles. The molecule has 1 aliphatic heterocycles. The predicted molar refractivity (Wildman–Crippen MR) is 77.9 cm³/mol. The number of pyridine rings is 1. The van der Waals surface area contributed by atoms with E-state index in [4.69, 9.17) is 4.42 Å². The number of hydrogen-bond acceptors (Lipinski definition) is 5. The van der Waals surface area contributed by atoms with Crippen molar-refractivity contribution >= 4 is 26.8 Å². The molecule has 1 atom stereocenters. The van der Waals surface area contributed by atoms with Crippen molar-refractivity contribution in [3.63, 3.8) is 0 Å². The highest BCUT2D eigenvalue weighted by molar-refractivity contribution is 7.91. The van der Waals surface area contributed by atoms with Gasteiger partial charge in [-0.1, -0.05) is 0 Å². The minimum absolute atomic E-state index is 0.000661. The van der Waals surface area contributed by atoms with Gasteiger partial charge in [0.2, 0.25) is 0 Å². The Labute approximate surface area is 122 Å². The Morgan fingerprint density at radius 1 is 1.43 bits per heavy atom. The van der Waals surface area contributed by atoms with E-state index in [-0.39, 0.29) is 35.8 Å². The molecule has 1 aliphatic rings. The number of carbonyl (C=O) groups excluding carboxylic acids is 1. The minimum atomic E-state index is -3.05. The van der Waals surface area contributed by atoms with Crippen molar-refractivity contribution in [1.29, 1.82) is 0 Å². The van der Waals surface area contributed by atoms with Gasteiger partial charge in [0.1, 0.15) is 5.52 Å². The molecule has 1 fully saturated rings. The number of hydrogen-bond donors (Lipinski definition) is 0. The van der Waals surface area contributed by atoms with E-state index >= 15 is 0 Å². The number of sulfone groups is 1. The summed E-state index contributed by atoms with van der Waals surface area (Å²) < 4.78 is 28.7. The first-order chi connectivity index (χ1) is 9.85. The van der Waals surface area contributed by atoms with Crippen molar-refractivity contribution in [1.82, 2.24) is 9.88 Å². The van der Waals surface area contributed by atoms with E-state index in [1.807, 2.05) is 13.0 Å². The number of nitrogens with zero attached hydrogens (tertiary/aromatic N) is 2. The van der Waals surface area contributed by atoms with Crippen molar-refractivity contribution in [2.45, 2.75) is 19.9 Å². The summed E-state index contributed by atoms with van der Waals surface area (Å²) >= 11 is 0. The summed E-state index contributed by atoms with van der Waals surface area (Å²) in [6, 6.07) is 4.86. The number of rotatable bonds is 1. The highest BCUT2D eigenvalue weighted by Gasteiger charge is 2.33. The van der Waals surface area contributed by atoms with Crippen LogP contribution in [-0.2, 0) is 9.84 Å². The monoisotopic (exact) mass is 308 g/mol. The lowest BCUT2D eigenvalue weighted by Crippen LogP contribution is -2.49. The fraction of sp³-hybridized carbons (Fsp3) is 0.429. The van der Waals surface area contributed by atoms with Gasteiger partial charge >= 0.3 is 0 Å². The van der Waals surface area contributed by atoms with Crippen molar-refractivity contribution < 1.29 is 17.6 Å². The van der Waals surface area contributed by atoms with Crippen molar-refractivity contribution in [3.05, 3.63) is 29.7 Å². The van der Waals surface area contributed by atoms with Crippen molar-refractivity contribution in [3.8, 4) is 0 Å². The Kier molecular flexibility index (Phi) is 3.24. The van der Waals surface area contributed by atoms with Gasteiger partial charge in [-0.2, -0.15) is 0 Å². The molecule has 1 amide bonds. The smallest absolute Gasteiger partial charge is 0.289 e. The van der Waals surface area contributed by atoms with Crippen molar-refractivity contribution in [2.75, 3.05) is 18.1 Å². The Morgan fingerprint density at radius 3 is 2.90 bits per heavy atom. The second-order valence-corrected chi connectivity index (χ2v) is 7.64. The van der Waals surface area contributed by atoms with E-state index in [0.717, 1.165) is 5.69 Å². The van der Waals surface area contributed by atoms with Crippen molar-refractivity contribution in [2.24, 2.45) is 0 Å². The molecule has 1 unspecified atom stereocenters. The van der Waals surface area contributed by atoms with Gasteiger partial charge in [-0.25, -0.2) is 13.4 Å². The molecule has 0 N–H and O–H groups in total. The number of fused-ring (bicyclic) bond motifs is 1. The van der Waals surface area contributed by atoms with E-state index in [1.165, 1.54) is 0 Å². The lowest BCUT2D eigenvalue weighted by molar-refractivity contribution is 0.0682. The zero-order chi connectivity index (χ0) is 15.2. The summed E-state index contributed by atoms with van der Waals surface area (Å²) in [5, 5.41) is 0. The fourth-order valence-electron chi connectivity index (χ4n) is 2.57. The molecule has 6 nitrogen and oxygen atoms in total. The molecule has 0 aromatic carbocycles. The van der Waals surface area contributed by atoms with Crippen LogP contribution in [0.4, 0.5) is 0 Å². The normalized spacial score (nSPS) is 21.6. The summed E-state index contributed by atoms with van der Waals surface area (Å²) in [5.41, 5.74) is 2.04. The molecule has 3 rings (SSSR count). The summed E-state index contributed by atoms with van der Waals surface area (Å²) in [4.78, 5) is 18.3. The largest absolute Gasteiger partial charge is 0.449 e. The SMILES string of the molecule is Cc1ccc2oc(C(=O)N3CCS(=O)(=O)CC3C)cc2n1. The molecule has 0 spiro atoms. The van der Waals surface area contributed by atoms with Gasteiger partial charge in [0.05, 0.1) is 11.5 Å². The summed E-state index contributed by atoms with van der Waals surface area (Å²) in [6.07, 6.45) is 0. The lowest BCUT2D eigenvalue weighted by atomic mass is 10.2. The molecule has 2 aromatic heterocycles. The van der Waals surface area contributed by atoms with E-state index in [2.05, 4.69) is 4.98 Å². The number of aryl methyl sites for hydroxylation is 1. The molecule has 0 bridgehead atoms. The van der Waals surface area contributed by atoms with E-state index in [0.29, 0.717) is 11.1 Å². The maximum absolute atomic E-state index is 12.5. The van der Waals surface area contributed by atoms with Crippen LogP contribution in [0.15, 0.2) is 22.6 Å². The molecule has 1 saturated heterocycles. The van der Waals surface area contributed by atoms with Gasteiger partial charge in [0.25, 0.3) is 5.91 Å². The number of aromatic nitrogens is 1. The van der Waals surface area contributed by atoms with Gasteiger partial charge in [-0.15, -0.1) is 0 Å². The average molecular weight is 308 g/mol. The fourth-order valence-corrected chi connectivity index (χ4v) is 4.13. The van der Waals surface area contributed by atoms with Crippen LogP contribution in [-0.4, -0.2) is 48.3 Å². The predicted octanol–water partition coefficient (Wildman–Crippen LogP) is 1.40. The van der Waals surface area contributed by atoms with Gasteiger partial charge in [0, 0.05) is 24.3 Å². The third-order valence-electron chi connectivity index (χ3n) is 3.65. The quantitative estimate of drug-likeness (QED) is 0.795. The molecule has 3 heterocycles. The van der Waals surface area contributed by atoms with Crippen LogP contribution in [0.2, 0.25) is 0 Å². The zero-order valence-electron chi connectivity index (χ0n) is 11.9. The second kappa shape index (κ2) is 4.84. The van der Waals surface area contributed by atoms with Crippen LogP contribution in [0.1, 0.15) is 23.2 Å². The van der Waals surface area contributed by atoms with Gasteiger partial charge < -0.3 is 9.32 Å². The Bertz CT molecular complexity index is 809. The van der Waals surface area contributed by atoms with Crippen LogP contribution >= 0.6 is 0 Å². The molecular formula is C14H16N2O4S. The first-order valence-corrected chi connectivity index (χ1v) is 8.56. The maximum atomic E-state index is 12.5. The molecule has 7 heteroatoms. The van der Waals surface area contributed by atoms with E-state index in [1.54, 1.807) is 24.0 Å². The van der Waals surface area contributed by atoms with Gasteiger partial charge in [0.15, 0.2) is 21.2 Å². The summed E-state index contributed by atoms with van der Waals surface area (Å²) in [7, 11) is -3.05. The highest BCUT2D eigenvalue weighted by Crippen LogP contribution is 2.21. The molecule has 112 valence electrons. The highest BCUT2D eigenvalue weighted by atomic mass is 32.2. The first kappa shape index (κ1) is 14.1. The van der Waals surface area contributed by atoms with Gasteiger partial charge in [-0.05, 0) is 26.0 Å². The Morgan fingerprint density at radius 2 is 2.19 bits per heavy atom. The number of carbonyl (C=O) groups is 1. The van der Waals surface area contributed by atoms with E-state index < -0.39 is 9.84 Å². The summed E-state index contributed by atoms with van der Waals surface area (Å²) in [6.45, 7) is 3.80. The third-order valence-corrected chi connectivity index (χ3v) is 5.45. The Hall–Kier alpha value is -1.89. The first-order valence-electron chi connectivity index (χ1n) is 6.74. The minimum Gasteiger partial charge on any atom is -0.449 e. The average Bonchev–Trinajstić information content (AvgIpc) is 2.80. The standard InChI is InChI=1S/C14H16N2O4S/c1-9-3-4-12-11(15-9)7-13(20-12)14(17)16-5-6-21(18,19)8-10(16)2/h3-4,7,10H,5-6,8H2,1-2H3. The van der Waals surface area contributed by atoms with Crippen LogP contribution in [0.25, 0.3) is 11.1 Å². The molecular weight excluding hydrogens is 292 g/mol. The lowest BCUT2D eigenvalue weighted by Gasteiger charge is -2.32. The molecule has 0 aliphatic carbocycles. The van der Waals surface area contributed by atoms with E-state index in [9.17, 15) is 13.2 Å². The van der Waals surface area contributed by atoms with Crippen LogP contribution in [0, 0.1) is 6.92 Å². The van der Waals surface area contributed by atoms with Crippen LogP contribution < -0.4 is 0 Å².